The number of aliphatic hydroxyl groups excluding tert-OH is 1. The van der Waals surface area contributed by atoms with Crippen molar-refractivity contribution in [3.8, 4) is 0 Å². The molecule has 2 unspecified atom stereocenters. The maximum absolute atomic E-state index is 13.6. The number of amides is 1. The Bertz CT molecular complexity index is 494. The van der Waals surface area contributed by atoms with Crippen LogP contribution in [0.5, 0.6) is 0 Å². The lowest BCUT2D eigenvalue weighted by atomic mass is 10.1. The first-order valence-corrected chi connectivity index (χ1v) is 6.18. The van der Waals surface area contributed by atoms with E-state index in [4.69, 9.17) is 5.73 Å². The van der Waals surface area contributed by atoms with Gasteiger partial charge >= 0.3 is 0 Å². The fourth-order valence-corrected chi connectivity index (χ4v) is 2.34. The van der Waals surface area contributed by atoms with Gasteiger partial charge in [0.2, 0.25) is 0 Å². The average Bonchev–Trinajstić information content (AvgIpc) is 2.76. The van der Waals surface area contributed by atoms with E-state index in [1.54, 1.807) is 0 Å². The Morgan fingerprint density at radius 1 is 1.42 bits per heavy atom. The summed E-state index contributed by atoms with van der Waals surface area (Å²) in [6, 6.07) is 1.66. The molecule has 0 bridgehead atoms. The van der Waals surface area contributed by atoms with Crippen LogP contribution in [-0.2, 0) is 0 Å². The summed E-state index contributed by atoms with van der Waals surface area (Å²) in [6.07, 6.45) is 1.81. The molecule has 2 atom stereocenters. The summed E-state index contributed by atoms with van der Waals surface area (Å²) in [5, 5.41) is 11.9. The number of nitrogens with two attached hydrogens (primary N) is 1. The molecule has 0 saturated heterocycles. The summed E-state index contributed by atoms with van der Waals surface area (Å²) in [4.78, 5) is 11.8. The molecule has 4 N–H and O–H groups in total. The molecule has 0 aromatic heterocycles. The third-order valence-corrected chi connectivity index (χ3v) is 3.37. The zero-order chi connectivity index (χ0) is 14.0. The van der Waals surface area contributed by atoms with E-state index in [0.717, 1.165) is 18.6 Å². The highest BCUT2D eigenvalue weighted by molar-refractivity contribution is 5.95. The number of rotatable bonds is 3. The van der Waals surface area contributed by atoms with Crippen molar-refractivity contribution in [1.29, 1.82) is 0 Å². The third-order valence-electron chi connectivity index (χ3n) is 3.37. The van der Waals surface area contributed by atoms with Crippen LogP contribution >= 0.6 is 0 Å². The number of hydrogen-bond donors (Lipinski definition) is 3. The molecule has 1 aliphatic rings. The first-order chi connectivity index (χ1) is 8.97. The number of halogens is 2. The fraction of sp³-hybridized carbons (Fsp3) is 0.462. The molecule has 1 aromatic rings. The van der Waals surface area contributed by atoms with Crippen LogP contribution < -0.4 is 11.1 Å². The quantitative estimate of drug-likeness (QED) is 0.727. The number of anilines is 1. The predicted molar refractivity (Wildman–Crippen MR) is 66.5 cm³/mol. The molecular weight excluding hydrogens is 254 g/mol. The number of nitrogen functional groups attached to an aromatic ring is 1. The number of carbonyl (C=O) groups excluding carboxylic acids is 1. The van der Waals surface area contributed by atoms with E-state index in [-0.39, 0.29) is 17.7 Å². The fourth-order valence-electron chi connectivity index (χ4n) is 2.34. The Balaban J connectivity index is 2.00. The van der Waals surface area contributed by atoms with Crippen LogP contribution in [0, 0.1) is 17.6 Å². The van der Waals surface area contributed by atoms with Crippen molar-refractivity contribution in [3.05, 3.63) is 29.3 Å². The van der Waals surface area contributed by atoms with E-state index < -0.39 is 23.1 Å². The topological polar surface area (TPSA) is 75.4 Å². The molecule has 4 nitrogen and oxygen atoms in total. The van der Waals surface area contributed by atoms with E-state index in [1.165, 1.54) is 0 Å². The molecule has 0 heterocycles. The third kappa shape index (κ3) is 3.20. The van der Waals surface area contributed by atoms with Gasteiger partial charge in [-0.2, -0.15) is 0 Å². The van der Waals surface area contributed by atoms with Crippen molar-refractivity contribution < 1.29 is 18.7 Å². The van der Waals surface area contributed by atoms with E-state index in [0.29, 0.717) is 19.4 Å². The van der Waals surface area contributed by atoms with Gasteiger partial charge < -0.3 is 16.2 Å². The largest absolute Gasteiger partial charge is 0.396 e. The van der Waals surface area contributed by atoms with Crippen LogP contribution in [0.25, 0.3) is 0 Å². The zero-order valence-corrected chi connectivity index (χ0v) is 10.3. The van der Waals surface area contributed by atoms with Crippen molar-refractivity contribution in [2.75, 3.05) is 12.3 Å². The normalized spacial score (nSPS) is 22.5. The minimum absolute atomic E-state index is 0.174. The molecular formula is C13H16F2N2O2. The molecule has 0 spiro atoms. The predicted octanol–water partition coefficient (Wildman–Crippen LogP) is 1.44. The number of aliphatic hydroxyl groups is 1. The van der Waals surface area contributed by atoms with Gasteiger partial charge in [-0.1, -0.05) is 0 Å². The van der Waals surface area contributed by atoms with E-state index in [9.17, 15) is 18.7 Å². The Morgan fingerprint density at radius 3 is 2.79 bits per heavy atom. The van der Waals surface area contributed by atoms with Crippen LogP contribution in [0.3, 0.4) is 0 Å². The molecule has 19 heavy (non-hydrogen) atoms. The van der Waals surface area contributed by atoms with Crippen LogP contribution in [0.2, 0.25) is 0 Å². The van der Waals surface area contributed by atoms with E-state index >= 15 is 0 Å². The van der Waals surface area contributed by atoms with E-state index in [2.05, 4.69) is 5.32 Å². The van der Waals surface area contributed by atoms with Gasteiger partial charge in [-0.15, -0.1) is 0 Å². The molecule has 6 heteroatoms. The highest BCUT2D eigenvalue weighted by Gasteiger charge is 2.24. The summed E-state index contributed by atoms with van der Waals surface area (Å²) in [5.74, 6) is -2.18. The van der Waals surface area contributed by atoms with Gasteiger partial charge in [0, 0.05) is 6.54 Å². The zero-order valence-electron chi connectivity index (χ0n) is 10.3. The molecule has 1 saturated carbocycles. The van der Waals surface area contributed by atoms with Crippen molar-refractivity contribution in [3.63, 3.8) is 0 Å². The van der Waals surface area contributed by atoms with Crippen molar-refractivity contribution in [2.45, 2.75) is 25.4 Å². The first kappa shape index (κ1) is 13.7. The number of nitrogens with one attached hydrogen (secondary N) is 1. The van der Waals surface area contributed by atoms with Gasteiger partial charge in [-0.3, -0.25) is 4.79 Å². The summed E-state index contributed by atoms with van der Waals surface area (Å²) >= 11 is 0. The number of carbonyl (C=O) groups is 1. The monoisotopic (exact) mass is 270 g/mol. The van der Waals surface area contributed by atoms with Crippen LogP contribution in [0.4, 0.5) is 14.5 Å². The van der Waals surface area contributed by atoms with Crippen LogP contribution in [0.15, 0.2) is 12.1 Å². The molecule has 0 radical (unpaired) electrons. The molecule has 1 aromatic carbocycles. The number of hydrogen-bond acceptors (Lipinski definition) is 3. The van der Waals surface area contributed by atoms with Crippen LogP contribution in [0.1, 0.15) is 29.6 Å². The maximum Gasteiger partial charge on any atom is 0.254 e. The summed E-state index contributed by atoms with van der Waals surface area (Å²) in [5.41, 5.74) is 4.49. The Labute approximate surface area is 109 Å². The van der Waals surface area contributed by atoms with Crippen LogP contribution in [-0.4, -0.2) is 23.7 Å². The summed E-state index contributed by atoms with van der Waals surface area (Å²) in [7, 11) is 0. The lowest BCUT2D eigenvalue weighted by Gasteiger charge is -2.12. The molecule has 2 rings (SSSR count). The minimum Gasteiger partial charge on any atom is -0.396 e. The molecule has 104 valence electrons. The highest BCUT2D eigenvalue weighted by Crippen LogP contribution is 2.24. The lowest BCUT2D eigenvalue weighted by molar-refractivity contribution is 0.0940. The Kier molecular flexibility index (Phi) is 3.99. The Hall–Kier alpha value is -1.69. The summed E-state index contributed by atoms with van der Waals surface area (Å²) < 4.78 is 26.7. The van der Waals surface area contributed by atoms with Gasteiger partial charge in [0.25, 0.3) is 5.91 Å². The average molecular weight is 270 g/mol. The smallest absolute Gasteiger partial charge is 0.254 e. The SMILES string of the molecule is Nc1cc(F)cc(C(=O)NCC2CCC(O)C2)c1F. The van der Waals surface area contributed by atoms with Gasteiger partial charge in [-0.25, -0.2) is 8.78 Å². The van der Waals surface area contributed by atoms with Gasteiger partial charge in [0.15, 0.2) is 5.82 Å². The standard InChI is InChI=1S/C13H16F2N2O2/c14-8-4-10(12(15)11(16)5-8)13(19)17-6-7-1-2-9(18)3-7/h4-5,7,9,18H,1-3,6,16H2,(H,17,19). The maximum atomic E-state index is 13.6. The second-order valence-corrected chi connectivity index (χ2v) is 4.90. The molecule has 1 aliphatic carbocycles. The lowest BCUT2D eigenvalue weighted by Crippen LogP contribution is -2.29. The summed E-state index contributed by atoms with van der Waals surface area (Å²) in [6.45, 7) is 0.339. The Morgan fingerprint density at radius 2 is 2.16 bits per heavy atom. The van der Waals surface area contributed by atoms with Gasteiger partial charge in [-0.05, 0) is 37.3 Å². The van der Waals surface area contributed by atoms with Crippen molar-refractivity contribution in [1.82, 2.24) is 5.32 Å². The number of benzene rings is 1. The molecule has 1 amide bonds. The van der Waals surface area contributed by atoms with Gasteiger partial charge in [0.1, 0.15) is 5.82 Å². The minimum atomic E-state index is -0.912. The van der Waals surface area contributed by atoms with Crippen molar-refractivity contribution >= 4 is 11.6 Å². The molecule has 0 aliphatic heterocycles. The van der Waals surface area contributed by atoms with E-state index in [1.807, 2.05) is 0 Å². The van der Waals surface area contributed by atoms with Crippen molar-refractivity contribution in [2.24, 2.45) is 5.92 Å². The van der Waals surface area contributed by atoms with Gasteiger partial charge in [0.05, 0.1) is 17.4 Å². The second-order valence-electron chi connectivity index (χ2n) is 4.90. The second kappa shape index (κ2) is 5.52. The highest BCUT2D eigenvalue weighted by atomic mass is 19.1. The first-order valence-electron chi connectivity index (χ1n) is 6.18. The molecule has 1 fully saturated rings.